The van der Waals surface area contributed by atoms with Crippen LogP contribution in [0.3, 0.4) is 0 Å². The number of sulfonamides is 1. The van der Waals surface area contributed by atoms with Crippen LogP contribution in [0.4, 0.5) is 0 Å². The zero-order valence-electron chi connectivity index (χ0n) is 19.4. The van der Waals surface area contributed by atoms with Crippen LogP contribution in [-0.2, 0) is 40.0 Å². The van der Waals surface area contributed by atoms with Crippen LogP contribution in [0.25, 0.3) is 0 Å². The lowest BCUT2D eigenvalue weighted by Crippen LogP contribution is -2.43. The van der Waals surface area contributed by atoms with Gasteiger partial charge in [-0.25, -0.2) is 8.42 Å². The van der Waals surface area contributed by atoms with Crippen molar-refractivity contribution in [1.82, 2.24) is 14.1 Å². The summed E-state index contributed by atoms with van der Waals surface area (Å²) in [5.41, 5.74) is 2.22. The summed E-state index contributed by atoms with van der Waals surface area (Å²) in [5.74, 6) is 1.45. The average molecular weight is 484 g/mol. The summed E-state index contributed by atoms with van der Waals surface area (Å²) in [6, 6.07) is 16.6. The Hall–Kier alpha value is -2.88. The van der Waals surface area contributed by atoms with Gasteiger partial charge in [0.15, 0.2) is 5.03 Å². The van der Waals surface area contributed by atoms with Gasteiger partial charge >= 0.3 is 0 Å². The first-order valence-corrected chi connectivity index (χ1v) is 12.9. The smallest absolute Gasteiger partial charge is 0.263 e. The van der Waals surface area contributed by atoms with Gasteiger partial charge in [0.05, 0.1) is 33.1 Å². The number of methoxy groups -OCH3 is 2. The number of hydrogen-bond acceptors (Lipinski definition) is 6. The fourth-order valence-corrected chi connectivity index (χ4v) is 5.95. The molecule has 1 aliphatic carbocycles. The molecular weight excluding hydrogens is 454 g/mol. The zero-order chi connectivity index (χ0) is 23.8. The Kier molecular flexibility index (Phi) is 6.09. The fourth-order valence-electron chi connectivity index (χ4n) is 4.58. The number of hydrogen-bond donors (Lipinski definition) is 0. The monoisotopic (exact) mass is 483 g/mol. The van der Waals surface area contributed by atoms with Crippen molar-refractivity contribution < 1.29 is 22.6 Å². The maximum Gasteiger partial charge on any atom is 0.263 e. The quantitative estimate of drug-likeness (QED) is 0.486. The Morgan fingerprint density at radius 3 is 2.00 bits per heavy atom. The second-order valence-electron chi connectivity index (χ2n) is 8.76. The second kappa shape index (κ2) is 9.05. The average Bonchev–Trinajstić information content (AvgIpc) is 3.29. The molecule has 2 aromatic carbocycles. The third kappa shape index (κ3) is 4.19. The van der Waals surface area contributed by atoms with Crippen LogP contribution in [0.1, 0.15) is 36.1 Å². The van der Waals surface area contributed by atoms with E-state index in [9.17, 15) is 8.42 Å². The Balaban J connectivity index is 1.48. The van der Waals surface area contributed by atoms with E-state index in [1.165, 1.54) is 4.31 Å². The molecule has 2 heterocycles. The molecule has 2 aliphatic rings. The van der Waals surface area contributed by atoms with Crippen LogP contribution in [-0.4, -0.2) is 43.3 Å². The van der Waals surface area contributed by atoms with E-state index in [4.69, 9.17) is 14.2 Å². The lowest BCUT2D eigenvalue weighted by atomic mass is 9.77. The summed E-state index contributed by atoms with van der Waals surface area (Å²) in [5, 5.41) is 4.60. The van der Waals surface area contributed by atoms with Crippen molar-refractivity contribution in [2.45, 2.75) is 49.5 Å². The molecule has 180 valence electrons. The molecule has 0 N–H and O–H groups in total. The van der Waals surface area contributed by atoms with Crippen molar-refractivity contribution >= 4 is 10.0 Å². The highest BCUT2D eigenvalue weighted by Crippen LogP contribution is 2.47. The van der Waals surface area contributed by atoms with E-state index in [2.05, 4.69) is 5.10 Å². The van der Waals surface area contributed by atoms with E-state index < -0.39 is 10.0 Å². The van der Waals surface area contributed by atoms with Crippen LogP contribution in [0.5, 0.6) is 11.5 Å². The number of nitrogens with zero attached hydrogens (tertiary/aromatic N) is 3. The minimum atomic E-state index is -3.87. The van der Waals surface area contributed by atoms with Crippen molar-refractivity contribution in [1.29, 1.82) is 0 Å². The van der Waals surface area contributed by atoms with Gasteiger partial charge in [0.2, 0.25) is 0 Å². The van der Waals surface area contributed by atoms with E-state index in [1.54, 1.807) is 20.3 Å². The van der Waals surface area contributed by atoms with Crippen molar-refractivity contribution in [3.63, 3.8) is 0 Å². The first-order chi connectivity index (χ1) is 16.4. The predicted molar refractivity (Wildman–Crippen MR) is 126 cm³/mol. The Bertz CT molecular complexity index is 1200. The summed E-state index contributed by atoms with van der Waals surface area (Å²) >= 11 is 0. The molecule has 0 saturated heterocycles. The Labute approximate surface area is 200 Å². The molecule has 8 nitrogen and oxygen atoms in total. The molecule has 1 fully saturated rings. The molecule has 1 saturated carbocycles. The standard InChI is InChI=1S/C25H29N3O5S/c1-31-21-8-4-19(5-9-21)17-27(18-20-6-10-22(32-2)11-7-20)34(29,30)24-16-23-25(12-3-13-25)33-15-14-28(23)26-24/h4-11,16H,3,12-15,17-18H2,1-2H3. The largest absolute Gasteiger partial charge is 0.497 e. The Morgan fingerprint density at radius 2 is 1.53 bits per heavy atom. The Morgan fingerprint density at radius 1 is 0.971 bits per heavy atom. The molecule has 34 heavy (non-hydrogen) atoms. The van der Waals surface area contributed by atoms with Gasteiger partial charge < -0.3 is 14.2 Å². The number of fused-ring (bicyclic) bond motifs is 2. The van der Waals surface area contributed by atoms with Crippen LogP contribution in [0, 0.1) is 0 Å². The zero-order valence-corrected chi connectivity index (χ0v) is 20.3. The van der Waals surface area contributed by atoms with E-state index >= 15 is 0 Å². The summed E-state index contributed by atoms with van der Waals surface area (Å²) in [7, 11) is -0.662. The summed E-state index contributed by atoms with van der Waals surface area (Å²) in [6.07, 6.45) is 2.88. The first kappa shape index (κ1) is 22.9. The van der Waals surface area contributed by atoms with E-state index in [0.29, 0.717) is 13.2 Å². The van der Waals surface area contributed by atoms with Crippen LogP contribution in [0.2, 0.25) is 0 Å². The number of rotatable bonds is 8. The molecule has 1 aliphatic heterocycles. The molecule has 1 aromatic heterocycles. The van der Waals surface area contributed by atoms with Gasteiger partial charge in [-0.05, 0) is 54.7 Å². The maximum absolute atomic E-state index is 13.9. The summed E-state index contributed by atoms with van der Waals surface area (Å²) in [6.45, 7) is 1.53. The molecule has 0 radical (unpaired) electrons. The fraction of sp³-hybridized carbons (Fsp3) is 0.400. The number of aromatic nitrogens is 2. The van der Waals surface area contributed by atoms with Crippen LogP contribution < -0.4 is 9.47 Å². The third-order valence-electron chi connectivity index (χ3n) is 6.71. The van der Waals surface area contributed by atoms with Gasteiger partial charge in [-0.15, -0.1) is 0 Å². The number of ether oxygens (including phenoxy) is 3. The summed E-state index contributed by atoms with van der Waals surface area (Å²) < 4.78 is 47.6. The van der Waals surface area contributed by atoms with Gasteiger partial charge in [-0.3, -0.25) is 4.68 Å². The maximum atomic E-state index is 13.9. The minimum Gasteiger partial charge on any atom is -0.497 e. The second-order valence-corrected chi connectivity index (χ2v) is 10.6. The molecule has 1 spiro atoms. The van der Waals surface area contributed by atoms with E-state index in [-0.39, 0.29) is 23.7 Å². The lowest BCUT2D eigenvalue weighted by Gasteiger charge is -2.44. The molecule has 5 rings (SSSR count). The van der Waals surface area contributed by atoms with Gasteiger partial charge in [0, 0.05) is 19.2 Å². The van der Waals surface area contributed by atoms with Gasteiger partial charge in [-0.2, -0.15) is 9.40 Å². The molecule has 9 heteroatoms. The van der Waals surface area contributed by atoms with Crippen LogP contribution in [0.15, 0.2) is 59.6 Å². The SMILES string of the molecule is COc1ccc(CN(Cc2ccc(OC)cc2)S(=O)(=O)c2cc3n(n2)CCOC32CCC2)cc1. The highest BCUT2D eigenvalue weighted by Gasteiger charge is 2.46. The molecule has 3 aromatic rings. The predicted octanol–water partition coefficient (Wildman–Crippen LogP) is 3.70. The van der Waals surface area contributed by atoms with Crippen molar-refractivity contribution in [3.05, 3.63) is 71.4 Å². The van der Waals surface area contributed by atoms with Gasteiger partial charge in [0.1, 0.15) is 17.1 Å². The highest BCUT2D eigenvalue weighted by atomic mass is 32.2. The van der Waals surface area contributed by atoms with E-state index in [0.717, 1.165) is 47.6 Å². The topological polar surface area (TPSA) is 82.9 Å². The van der Waals surface area contributed by atoms with Crippen molar-refractivity contribution in [3.8, 4) is 11.5 Å². The van der Waals surface area contributed by atoms with Crippen molar-refractivity contribution in [2.75, 3.05) is 20.8 Å². The summed E-state index contributed by atoms with van der Waals surface area (Å²) in [4.78, 5) is 0. The van der Waals surface area contributed by atoms with Crippen molar-refractivity contribution in [2.24, 2.45) is 0 Å². The first-order valence-electron chi connectivity index (χ1n) is 11.4. The van der Waals surface area contributed by atoms with Gasteiger partial charge in [-0.1, -0.05) is 24.3 Å². The van der Waals surface area contributed by atoms with Crippen LogP contribution >= 0.6 is 0 Å². The van der Waals surface area contributed by atoms with E-state index in [1.807, 2.05) is 53.2 Å². The third-order valence-corrected chi connectivity index (χ3v) is 8.37. The molecule has 0 atom stereocenters. The number of benzene rings is 2. The minimum absolute atomic E-state index is 0.0706. The molecule has 0 unspecified atom stereocenters. The molecule has 0 bridgehead atoms. The molecule has 0 amide bonds. The normalized spacial score (nSPS) is 16.8. The highest BCUT2D eigenvalue weighted by molar-refractivity contribution is 7.89. The van der Waals surface area contributed by atoms with Gasteiger partial charge in [0.25, 0.3) is 10.0 Å². The molecular formula is C25H29N3O5S. The lowest BCUT2D eigenvalue weighted by molar-refractivity contribution is -0.131.